The zero-order valence-electron chi connectivity index (χ0n) is 54.1. The molecule has 0 fully saturated rings. The predicted octanol–water partition coefficient (Wildman–Crippen LogP) is 20.8. The molecular weight excluding hydrogens is 1030 g/mol. The molecule has 0 aromatic rings. The van der Waals surface area contributed by atoms with Crippen molar-refractivity contribution in [3.8, 4) is 0 Å². The molecule has 2 unspecified atom stereocenters. The Kier molecular flexibility index (Phi) is 60.4. The summed E-state index contributed by atoms with van der Waals surface area (Å²) < 4.78 is 22.9. The van der Waals surface area contributed by atoms with Crippen LogP contribution in [0.4, 0.5) is 0 Å². The second-order valence-corrected chi connectivity index (χ2v) is 23.4. The summed E-state index contributed by atoms with van der Waals surface area (Å²) in [7, 11) is 5.95. The van der Waals surface area contributed by atoms with Crippen molar-refractivity contribution in [2.75, 3.05) is 47.5 Å². The summed E-state index contributed by atoms with van der Waals surface area (Å²) >= 11 is 0. The van der Waals surface area contributed by atoms with Crippen molar-refractivity contribution in [2.45, 2.75) is 283 Å². The maximum absolute atomic E-state index is 12.9. The van der Waals surface area contributed by atoms with Crippen molar-refractivity contribution in [1.82, 2.24) is 0 Å². The Balaban J connectivity index is 4.26. The lowest BCUT2D eigenvalue weighted by Crippen LogP contribution is -2.40. The highest BCUT2D eigenvalue weighted by Crippen LogP contribution is 2.16. The molecule has 0 aliphatic heterocycles. The van der Waals surface area contributed by atoms with E-state index in [1.165, 1.54) is 154 Å². The molecule has 0 saturated heterocycles. The fourth-order valence-electron chi connectivity index (χ4n) is 9.07. The van der Waals surface area contributed by atoms with Crippen LogP contribution in [0.15, 0.2) is 122 Å². The number of allylic oxidation sites excluding steroid dienone is 20. The number of rotatable bonds is 61. The molecular formula is C74H126NO8+. The van der Waals surface area contributed by atoms with Crippen LogP contribution in [-0.4, -0.2) is 87.4 Å². The highest BCUT2D eigenvalue weighted by atomic mass is 16.7. The molecule has 0 spiro atoms. The summed E-state index contributed by atoms with van der Waals surface area (Å²) in [5, 5.41) is 9.73. The number of unbranched alkanes of at least 4 members (excludes halogenated alkanes) is 26. The minimum atomic E-state index is -1.53. The fraction of sp³-hybridized carbons (Fsp3) is 0.689. The van der Waals surface area contributed by atoms with Crippen LogP contribution in [0, 0.1) is 0 Å². The third-order valence-electron chi connectivity index (χ3n) is 14.2. The highest BCUT2D eigenvalue weighted by molar-refractivity contribution is 5.71. The van der Waals surface area contributed by atoms with Gasteiger partial charge in [0.2, 0.25) is 0 Å². The van der Waals surface area contributed by atoms with E-state index in [1.54, 1.807) is 0 Å². The lowest BCUT2D eigenvalue weighted by molar-refractivity contribution is -0.870. The molecule has 83 heavy (non-hydrogen) atoms. The van der Waals surface area contributed by atoms with Gasteiger partial charge >= 0.3 is 17.9 Å². The maximum Gasteiger partial charge on any atom is 0.361 e. The number of carboxylic acid groups (broad SMARTS) is 1. The van der Waals surface area contributed by atoms with E-state index in [0.29, 0.717) is 23.9 Å². The SMILES string of the molecule is CC/C=C\C/C=C\C/C=C\C/C=C\C/C=C\C/C=C\C/C=C\C/C=C\C/C=C\CCCC(=O)OC(COC(=O)CCCCCCCCCCCCCCCCCCC/C=C\CCCCCCCCCC)COC(OCC[N+](C)(C)C)C(=O)O. The Morgan fingerprint density at radius 2 is 0.699 bits per heavy atom. The first-order valence-electron chi connectivity index (χ1n) is 33.7. The Morgan fingerprint density at radius 3 is 1.07 bits per heavy atom. The minimum absolute atomic E-state index is 0.171. The topological polar surface area (TPSA) is 108 Å². The van der Waals surface area contributed by atoms with Gasteiger partial charge in [-0.2, -0.15) is 0 Å². The molecule has 2 atom stereocenters. The van der Waals surface area contributed by atoms with Crippen LogP contribution in [0.5, 0.6) is 0 Å². The third kappa shape index (κ3) is 65.1. The zero-order valence-corrected chi connectivity index (χ0v) is 54.1. The zero-order chi connectivity index (χ0) is 60.5. The van der Waals surface area contributed by atoms with E-state index in [-0.39, 0.29) is 38.6 Å². The molecule has 9 heteroatoms. The van der Waals surface area contributed by atoms with Gasteiger partial charge in [-0.3, -0.25) is 9.59 Å². The van der Waals surface area contributed by atoms with Gasteiger partial charge in [0.05, 0.1) is 34.4 Å². The van der Waals surface area contributed by atoms with Crippen LogP contribution in [-0.2, 0) is 33.3 Å². The van der Waals surface area contributed by atoms with Gasteiger partial charge < -0.3 is 28.5 Å². The van der Waals surface area contributed by atoms with E-state index in [0.717, 1.165) is 77.0 Å². The van der Waals surface area contributed by atoms with Gasteiger partial charge in [0, 0.05) is 12.8 Å². The third-order valence-corrected chi connectivity index (χ3v) is 14.2. The van der Waals surface area contributed by atoms with E-state index >= 15 is 0 Å². The normalized spacial score (nSPS) is 13.5. The molecule has 0 aromatic heterocycles. The Hall–Kier alpha value is -4.31. The first-order valence-corrected chi connectivity index (χ1v) is 33.7. The number of hydrogen-bond acceptors (Lipinski definition) is 7. The second-order valence-electron chi connectivity index (χ2n) is 23.4. The molecule has 0 radical (unpaired) electrons. The van der Waals surface area contributed by atoms with Gasteiger partial charge in [-0.15, -0.1) is 0 Å². The van der Waals surface area contributed by atoms with Crippen LogP contribution in [0.25, 0.3) is 0 Å². The number of ether oxygens (including phenoxy) is 4. The number of likely N-dealkylation sites (N-methyl/N-ethyl adjacent to an activating group) is 1. The average Bonchev–Trinajstić information content (AvgIpc) is 3.46. The standard InChI is InChI=1S/C74H125NO8/c1-6-8-10-12-14-16-18-20-22-24-26-28-30-32-34-36-38-40-42-44-46-48-50-52-54-56-58-60-62-64-71(76)81-68-70(69-82-74(73(78)79)80-67-66-75(3,4)5)83-72(77)65-63-61-59-57-55-53-51-49-47-45-43-41-39-37-35-33-31-29-27-25-23-21-19-17-15-13-11-9-7-2/h9,11,15,17,21,23-24,26-27,29,33,35,39,41,45,47,51,53,57,59,70,74H,6-8,10,12-14,16,18-20,22,25,28,30-32,34,36-38,40,42-44,46,48-50,52,54-56,58,60-69H2,1-5H3/p+1/b11-9-,17-15-,23-21-,26-24-,29-27-,35-33-,41-39-,47-45-,53-51-,59-57-. The van der Waals surface area contributed by atoms with E-state index in [9.17, 15) is 19.5 Å². The van der Waals surface area contributed by atoms with Gasteiger partial charge in [-0.25, -0.2) is 4.79 Å². The molecule has 0 rings (SSSR count). The Labute approximate surface area is 510 Å². The quantitative estimate of drug-likeness (QED) is 0.0211. The number of carbonyl (C=O) groups is 3. The fourth-order valence-corrected chi connectivity index (χ4v) is 9.07. The highest BCUT2D eigenvalue weighted by Gasteiger charge is 2.25. The summed E-state index contributed by atoms with van der Waals surface area (Å²) in [4.78, 5) is 37.5. The predicted molar refractivity (Wildman–Crippen MR) is 354 cm³/mol. The van der Waals surface area contributed by atoms with Crippen molar-refractivity contribution >= 4 is 17.9 Å². The summed E-state index contributed by atoms with van der Waals surface area (Å²) in [6.45, 7) is 4.71. The molecule has 0 amide bonds. The smallest absolute Gasteiger partial charge is 0.361 e. The lowest BCUT2D eigenvalue weighted by atomic mass is 10.0. The lowest BCUT2D eigenvalue weighted by Gasteiger charge is -2.25. The van der Waals surface area contributed by atoms with Gasteiger partial charge in [-0.05, 0) is 103 Å². The van der Waals surface area contributed by atoms with Crippen molar-refractivity contribution < 1.29 is 42.9 Å². The first-order chi connectivity index (χ1) is 40.6. The first kappa shape index (κ1) is 78.7. The van der Waals surface area contributed by atoms with Crippen molar-refractivity contribution in [2.24, 2.45) is 0 Å². The second kappa shape index (κ2) is 63.7. The molecule has 474 valence electrons. The van der Waals surface area contributed by atoms with E-state index in [4.69, 9.17) is 18.9 Å². The van der Waals surface area contributed by atoms with Crippen molar-refractivity contribution in [3.05, 3.63) is 122 Å². The van der Waals surface area contributed by atoms with Crippen molar-refractivity contribution in [1.29, 1.82) is 0 Å². The monoisotopic (exact) mass is 1160 g/mol. The van der Waals surface area contributed by atoms with Crippen LogP contribution in [0.2, 0.25) is 0 Å². The van der Waals surface area contributed by atoms with Crippen LogP contribution in [0.1, 0.15) is 271 Å². The molecule has 9 nitrogen and oxygen atoms in total. The van der Waals surface area contributed by atoms with Crippen molar-refractivity contribution in [3.63, 3.8) is 0 Å². The maximum atomic E-state index is 12.9. The number of carbonyl (C=O) groups excluding carboxylic acids is 2. The molecule has 0 aromatic carbocycles. The number of carboxylic acids is 1. The number of esters is 2. The Morgan fingerprint density at radius 1 is 0.373 bits per heavy atom. The molecule has 0 saturated carbocycles. The number of aliphatic carboxylic acids is 1. The van der Waals surface area contributed by atoms with Gasteiger partial charge in [0.15, 0.2) is 6.10 Å². The summed E-state index contributed by atoms with van der Waals surface area (Å²) in [6.07, 6.45) is 87.4. The molecule has 0 aliphatic rings. The average molecular weight is 1160 g/mol. The molecule has 0 bridgehead atoms. The van der Waals surface area contributed by atoms with E-state index in [2.05, 4.69) is 135 Å². The largest absolute Gasteiger partial charge is 0.477 e. The summed E-state index contributed by atoms with van der Waals surface area (Å²) in [6, 6.07) is 0. The van der Waals surface area contributed by atoms with Gasteiger partial charge in [-0.1, -0.05) is 277 Å². The number of quaternary nitrogens is 1. The summed E-state index contributed by atoms with van der Waals surface area (Å²) in [5.41, 5.74) is 0. The number of nitrogens with zero attached hydrogens (tertiary/aromatic N) is 1. The van der Waals surface area contributed by atoms with Crippen LogP contribution in [0.3, 0.4) is 0 Å². The Bertz CT molecular complexity index is 1780. The van der Waals surface area contributed by atoms with Crippen LogP contribution >= 0.6 is 0 Å². The minimum Gasteiger partial charge on any atom is -0.477 e. The summed E-state index contributed by atoms with van der Waals surface area (Å²) in [5.74, 6) is -2.09. The molecule has 0 aliphatic carbocycles. The van der Waals surface area contributed by atoms with E-state index in [1.807, 2.05) is 21.1 Å². The number of hydrogen-bond donors (Lipinski definition) is 1. The van der Waals surface area contributed by atoms with Crippen LogP contribution < -0.4 is 0 Å². The van der Waals surface area contributed by atoms with Gasteiger partial charge in [0.25, 0.3) is 6.29 Å². The molecule has 1 N–H and O–H groups in total. The van der Waals surface area contributed by atoms with Gasteiger partial charge in [0.1, 0.15) is 13.2 Å². The molecule has 0 heterocycles. The van der Waals surface area contributed by atoms with E-state index < -0.39 is 24.3 Å².